The van der Waals surface area contributed by atoms with Crippen LogP contribution in [0.25, 0.3) is 0 Å². The van der Waals surface area contributed by atoms with Crippen LogP contribution >= 0.6 is 11.6 Å². The molecule has 0 saturated carbocycles. The molecule has 1 aliphatic carbocycles. The molecule has 0 aromatic carbocycles. The van der Waals surface area contributed by atoms with Crippen LogP contribution < -0.4 is 0 Å². The first-order valence-corrected chi connectivity index (χ1v) is 3.35. The summed E-state index contributed by atoms with van der Waals surface area (Å²) in [5, 5.41) is -1.47. The lowest BCUT2D eigenvalue weighted by molar-refractivity contribution is -0.154. The van der Waals surface area contributed by atoms with Gasteiger partial charge < -0.3 is 0 Å². The largest absolute Gasteiger partial charge is 0.347 e. The van der Waals surface area contributed by atoms with Gasteiger partial charge in [-0.15, -0.1) is 0 Å². The van der Waals surface area contributed by atoms with Crippen LogP contribution in [-0.4, -0.2) is 11.7 Å². The highest BCUT2D eigenvalue weighted by Gasteiger charge is 2.28. The summed E-state index contributed by atoms with van der Waals surface area (Å²) >= 11 is 5.57. The SMILES string of the molecule is FC(F)OC1(Cl)[CH]C=CC=C1. The number of allylic oxidation sites excluding steroid dienone is 2. The summed E-state index contributed by atoms with van der Waals surface area (Å²) in [7, 11) is 0. The molecule has 1 atom stereocenters. The molecule has 61 valence electrons. The molecule has 0 amide bonds. The molecule has 0 aliphatic heterocycles. The zero-order chi connectivity index (χ0) is 8.32. The van der Waals surface area contributed by atoms with E-state index in [1.807, 2.05) is 0 Å². The second kappa shape index (κ2) is 3.32. The smallest absolute Gasteiger partial charge is 0.296 e. The van der Waals surface area contributed by atoms with E-state index in [2.05, 4.69) is 4.74 Å². The molecule has 0 aromatic heterocycles. The van der Waals surface area contributed by atoms with Crippen LogP contribution in [0.15, 0.2) is 24.3 Å². The summed E-state index contributed by atoms with van der Waals surface area (Å²) in [5.74, 6) is 0. The van der Waals surface area contributed by atoms with Gasteiger partial charge in [-0.1, -0.05) is 29.8 Å². The van der Waals surface area contributed by atoms with E-state index in [0.29, 0.717) is 0 Å². The van der Waals surface area contributed by atoms with Crippen LogP contribution in [0.4, 0.5) is 8.78 Å². The molecule has 4 heteroatoms. The Morgan fingerprint density at radius 2 is 2.00 bits per heavy atom. The first kappa shape index (κ1) is 8.68. The zero-order valence-electron chi connectivity index (χ0n) is 5.51. The van der Waals surface area contributed by atoms with Crippen LogP contribution in [0.1, 0.15) is 0 Å². The lowest BCUT2D eigenvalue weighted by atomic mass is 10.1. The Morgan fingerprint density at radius 3 is 2.45 bits per heavy atom. The van der Waals surface area contributed by atoms with Crippen LogP contribution in [0, 0.1) is 6.42 Å². The first-order chi connectivity index (χ1) is 5.12. The molecule has 0 fully saturated rings. The topological polar surface area (TPSA) is 9.23 Å². The molecule has 11 heavy (non-hydrogen) atoms. The molecule has 0 aromatic rings. The standard InChI is InChI=1S/C7H6ClF2O/c8-7(11-6(9)10)4-2-1-3-5-7/h1-6H. The molecule has 0 saturated heterocycles. The van der Waals surface area contributed by atoms with Crippen molar-refractivity contribution in [1.82, 2.24) is 0 Å². The average Bonchev–Trinajstić information content (AvgIpc) is 1.85. The van der Waals surface area contributed by atoms with Crippen molar-refractivity contribution in [3.8, 4) is 0 Å². The molecular formula is C7H6ClF2O. The molecule has 0 spiro atoms. The van der Waals surface area contributed by atoms with E-state index in [1.54, 1.807) is 18.2 Å². The third-order valence-corrected chi connectivity index (χ3v) is 1.48. The summed E-state index contributed by atoms with van der Waals surface area (Å²) < 4.78 is 27.5. The van der Waals surface area contributed by atoms with Crippen LogP contribution in [0.2, 0.25) is 0 Å². The van der Waals surface area contributed by atoms with E-state index in [9.17, 15) is 8.78 Å². The summed E-state index contributed by atoms with van der Waals surface area (Å²) in [6, 6.07) is 0. The number of alkyl halides is 3. The third kappa shape index (κ3) is 2.60. The monoisotopic (exact) mass is 179 g/mol. The highest BCUT2D eigenvalue weighted by atomic mass is 35.5. The van der Waals surface area contributed by atoms with Gasteiger partial charge in [-0.05, 0) is 6.08 Å². The maximum atomic E-state index is 11.7. The quantitative estimate of drug-likeness (QED) is 0.592. The summed E-state index contributed by atoms with van der Waals surface area (Å²) in [5.41, 5.74) is 0. The molecule has 1 rings (SSSR count). The van der Waals surface area contributed by atoms with Gasteiger partial charge in [-0.2, -0.15) is 8.78 Å². The van der Waals surface area contributed by atoms with Gasteiger partial charge in [0.2, 0.25) is 0 Å². The Bertz CT molecular complexity index is 191. The van der Waals surface area contributed by atoms with Gasteiger partial charge in [-0.25, -0.2) is 0 Å². The molecule has 1 unspecified atom stereocenters. The maximum Gasteiger partial charge on any atom is 0.347 e. The average molecular weight is 180 g/mol. The Kier molecular flexibility index (Phi) is 2.62. The third-order valence-electron chi connectivity index (χ3n) is 1.14. The maximum absolute atomic E-state index is 11.7. The molecule has 0 bridgehead atoms. The Morgan fingerprint density at radius 1 is 1.27 bits per heavy atom. The zero-order valence-corrected chi connectivity index (χ0v) is 6.26. The second-order valence-electron chi connectivity index (χ2n) is 1.99. The van der Waals surface area contributed by atoms with Crippen molar-refractivity contribution >= 4 is 11.6 Å². The Labute approximate surface area is 68.3 Å². The van der Waals surface area contributed by atoms with Crippen molar-refractivity contribution in [2.45, 2.75) is 11.7 Å². The van der Waals surface area contributed by atoms with Gasteiger partial charge >= 0.3 is 6.61 Å². The highest BCUT2D eigenvalue weighted by Crippen LogP contribution is 2.28. The molecule has 1 aliphatic rings. The van der Waals surface area contributed by atoms with Crippen molar-refractivity contribution in [2.24, 2.45) is 0 Å². The number of halogens is 3. The van der Waals surface area contributed by atoms with E-state index in [-0.39, 0.29) is 0 Å². The van der Waals surface area contributed by atoms with E-state index in [4.69, 9.17) is 11.6 Å². The molecule has 0 N–H and O–H groups in total. The summed E-state index contributed by atoms with van der Waals surface area (Å²) in [6.45, 7) is -2.86. The van der Waals surface area contributed by atoms with Gasteiger partial charge in [0.15, 0.2) is 5.06 Å². The lowest BCUT2D eigenvalue weighted by Gasteiger charge is -2.22. The van der Waals surface area contributed by atoms with E-state index >= 15 is 0 Å². The molecule has 0 heterocycles. The summed E-state index contributed by atoms with van der Waals surface area (Å²) in [6.07, 6.45) is 7.47. The van der Waals surface area contributed by atoms with Gasteiger partial charge in [0.05, 0.1) is 0 Å². The number of rotatable bonds is 2. The lowest BCUT2D eigenvalue weighted by Crippen LogP contribution is -2.26. The minimum absolute atomic E-state index is 1.35. The van der Waals surface area contributed by atoms with E-state index in [1.165, 1.54) is 12.5 Å². The van der Waals surface area contributed by atoms with Crippen molar-refractivity contribution in [2.75, 3.05) is 0 Å². The van der Waals surface area contributed by atoms with Crippen LogP contribution in [-0.2, 0) is 4.74 Å². The first-order valence-electron chi connectivity index (χ1n) is 2.98. The van der Waals surface area contributed by atoms with E-state index in [0.717, 1.165) is 0 Å². The predicted octanol–water partition coefficient (Wildman–Crippen LogP) is 2.49. The van der Waals surface area contributed by atoms with Crippen molar-refractivity contribution in [3.05, 3.63) is 30.7 Å². The van der Waals surface area contributed by atoms with Crippen molar-refractivity contribution in [3.63, 3.8) is 0 Å². The minimum Gasteiger partial charge on any atom is -0.296 e. The van der Waals surface area contributed by atoms with Gasteiger partial charge in [0, 0.05) is 6.42 Å². The number of hydrogen-bond donors (Lipinski definition) is 0. The van der Waals surface area contributed by atoms with Gasteiger partial charge in [0.1, 0.15) is 0 Å². The highest BCUT2D eigenvalue weighted by molar-refractivity contribution is 6.25. The van der Waals surface area contributed by atoms with Crippen molar-refractivity contribution < 1.29 is 13.5 Å². The number of ether oxygens (including phenoxy) is 1. The fourth-order valence-electron chi connectivity index (χ4n) is 0.708. The van der Waals surface area contributed by atoms with Crippen LogP contribution in [0.3, 0.4) is 0 Å². The Hall–Kier alpha value is -0.410. The van der Waals surface area contributed by atoms with Crippen LogP contribution in [0.5, 0.6) is 0 Å². The van der Waals surface area contributed by atoms with E-state index < -0.39 is 11.7 Å². The fraction of sp³-hybridized carbons (Fsp3) is 0.286. The Balaban J connectivity index is 2.54. The minimum atomic E-state index is -2.86. The van der Waals surface area contributed by atoms with Gasteiger partial charge in [-0.3, -0.25) is 4.74 Å². The predicted molar refractivity (Wildman–Crippen MR) is 38.3 cm³/mol. The molecule has 1 nitrogen and oxygen atoms in total. The fourth-order valence-corrected chi connectivity index (χ4v) is 0.921. The van der Waals surface area contributed by atoms with Gasteiger partial charge in [0.25, 0.3) is 0 Å². The van der Waals surface area contributed by atoms with Crippen molar-refractivity contribution in [1.29, 1.82) is 0 Å². The molecule has 1 radical (unpaired) electrons. The summed E-state index contributed by atoms with van der Waals surface area (Å²) in [4.78, 5) is 0. The second-order valence-corrected chi connectivity index (χ2v) is 2.58. The molecular weight excluding hydrogens is 174 g/mol. The normalized spacial score (nSPS) is 29.8. The number of hydrogen-bond acceptors (Lipinski definition) is 1.